The van der Waals surface area contributed by atoms with Crippen molar-refractivity contribution in [3.8, 4) is 0 Å². The molecule has 7 aliphatic rings. The number of esters is 1. The Morgan fingerprint density at radius 1 is 0.921 bits per heavy atom. The van der Waals surface area contributed by atoms with Crippen LogP contribution in [0.25, 0.3) is 0 Å². The molecule has 6 aliphatic heterocycles. The maximum Gasteiger partial charge on any atom is 0.316 e. The lowest BCUT2D eigenvalue weighted by Gasteiger charge is -2.48. The molecule has 0 unspecified atom stereocenters. The number of aliphatic hydroxyl groups is 2. The van der Waals surface area contributed by atoms with Gasteiger partial charge in [-0.15, -0.1) is 6.58 Å². The number of allylic oxidation sites excluding steroid dienone is 3. The molecule has 0 aromatic heterocycles. The molecule has 4 saturated heterocycles. The van der Waals surface area contributed by atoms with Crippen molar-refractivity contribution in [2.45, 2.75) is 185 Å². The molecule has 0 saturated carbocycles. The van der Waals surface area contributed by atoms with Crippen LogP contribution in [0.5, 0.6) is 0 Å². The first kappa shape index (κ1) is 48.4. The second-order valence-electron chi connectivity index (χ2n) is 19.5. The van der Waals surface area contributed by atoms with Crippen LogP contribution < -0.4 is 0 Å². The van der Waals surface area contributed by atoms with Crippen molar-refractivity contribution in [3.05, 3.63) is 71.9 Å². The SMILES string of the molecule is C=CC[C@H]1[C@H](C)O[C@@H](O[C@H]2[C@H](C)O[C@@H](O[C@@H]3/C(C)=C/C[C@@H]4C[C@@H](C[C@]5(C=C[C@H](C)[C@@H](C(C)C)O5)O4)OC(=O)[C@@H]4C=C(C)[C@@H](O)[C@H]5OC/C(=C\C=C\[C@@H]3C)[C@]54O)C[C@@H]2OC)C[C@@H]1OC. The Labute approximate surface area is 374 Å². The Hall–Kier alpha value is -2.53. The molecule has 4 fully saturated rings. The van der Waals surface area contributed by atoms with Crippen molar-refractivity contribution < 1.29 is 62.4 Å². The lowest BCUT2D eigenvalue weighted by atomic mass is 9.71. The number of fused-ring (bicyclic) bond motifs is 2. The number of rotatable bonds is 9. The lowest BCUT2D eigenvalue weighted by molar-refractivity contribution is -0.315. The molecule has 2 N–H and O–H groups in total. The fourth-order valence-electron chi connectivity index (χ4n) is 11.1. The number of hydrogen-bond donors (Lipinski definition) is 2. The van der Waals surface area contributed by atoms with E-state index in [0.29, 0.717) is 43.3 Å². The Kier molecular flexibility index (Phi) is 15.5. The van der Waals surface area contributed by atoms with Crippen LogP contribution in [0.15, 0.2) is 71.9 Å². The predicted molar refractivity (Wildman–Crippen MR) is 235 cm³/mol. The number of ether oxygens (including phenoxy) is 10. The highest BCUT2D eigenvalue weighted by molar-refractivity contribution is 5.78. The van der Waals surface area contributed by atoms with Gasteiger partial charge in [0.1, 0.15) is 35.9 Å². The zero-order chi connectivity index (χ0) is 45.4. The van der Waals surface area contributed by atoms with E-state index in [2.05, 4.69) is 60.3 Å². The van der Waals surface area contributed by atoms with E-state index in [1.54, 1.807) is 33.3 Å². The van der Waals surface area contributed by atoms with E-state index in [-0.39, 0.29) is 66.9 Å². The summed E-state index contributed by atoms with van der Waals surface area (Å²) in [6, 6.07) is 0. The van der Waals surface area contributed by atoms with E-state index in [4.69, 9.17) is 47.4 Å². The van der Waals surface area contributed by atoms with E-state index < -0.39 is 66.4 Å². The van der Waals surface area contributed by atoms with Gasteiger partial charge in [-0.25, -0.2) is 0 Å². The third kappa shape index (κ3) is 10.1. The monoisotopic (exact) mass is 883 g/mol. The molecule has 19 atom stereocenters. The molecule has 13 nitrogen and oxygen atoms in total. The minimum absolute atomic E-state index is 0.0304. The Morgan fingerprint density at radius 3 is 2.35 bits per heavy atom. The van der Waals surface area contributed by atoms with Gasteiger partial charge in [-0.2, -0.15) is 0 Å². The van der Waals surface area contributed by atoms with E-state index >= 15 is 0 Å². The minimum Gasteiger partial charge on any atom is -0.462 e. The highest BCUT2D eigenvalue weighted by atomic mass is 16.7. The third-order valence-electron chi connectivity index (χ3n) is 14.6. The molecular weight excluding hydrogens is 809 g/mol. The fraction of sp³-hybridized carbons (Fsp3) is 0.740. The van der Waals surface area contributed by atoms with Gasteiger partial charge in [0.25, 0.3) is 0 Å². The smallest absolute Gasteiger partial charge is 0.316 e. The van der Waals surface area contributed by atoms with E-state index in [1.165, 1.54) is 0 Å². The van der Waals surface area contributed by atoms with Gasteiger partial charge < -0.3 is 57.6 Å². The molecule has 0 aromatic rings. The van der Waals surface area contributed by atoms with Gasteiger partial charge in [0, 0.05) is 57.7 Å². The lowest BCUT2D eigenvalue weighted by Crippen LogP contribution is -2.58. The second kappa shape index (κ2) is 20.1. The number of aliphatic hydroxyl groups excluding tert-OH is 1. The summed E-state index contributed by atoms with van der Waals surface area (Å²) >= 11 is 0. The van der Waals surface area contributed by atoms with Crippen molar-refractivity contribution in [1.82, 2.24) is 0 Å². The molecular formula is C50H74O13. The van der Waals surface area contributed by atoms with E-state index in [1.807, 2.05) is 31.2 Å². The van der Waals surface area contributed by atoms with Gasteiger partial charge in [-0.3, -0.25) is 4.79 Å². The molecule has 0 radical (unpaired) electrons. The zero-order valence-electron chi connectivity index (χ0n) is 39.1. The van der Waals surface area contributed by atoms with Gasteiger partial charge in [-0.1, -0.05) is 70.2 Å². The predicted octanol–water partition coefficient (Wildman–Crippen LogP) is 6.82. The van der Waals surface area contributed by atoms with Gasteiger partial charge in [0.05, 0.1) is 49.3 Å². The molecule has 2 bridgehead atoms. The summed E-state index contributed by atoms with van der Waals surface area (Å²) in [5.41, 5.74) is 0.174. The number of methoxy groups -OCH3 is 2. The van der Waals surface area contributed by atoms with Crippen molar-refractivity contribution in [3.63, 3.8) is 0 Å². The van der Waals surface area contributed by atoms with Crippen LogP contribution in [0.3, 0.4) is 0 Å². The Bertz CT molecular complexity index is 1770. The first-order valence-corrected chi connectivity index (χ1v) is 23.3. The van der Waals surface area contributed by atoms with Crippen LogP contribution in [0.1, 0.15) is 93.9 Å². The highest BCUT2D eigenvalue weighted by Crippen LogP contribution is 2.47. The van der Waals surface area contributed by atoms with Gasteiger partial charge in [-0.05, 0) is 69.2 Å². The summed E-state index contributed by atoms with van der Waals surface area (Å²) in [4.78, 5) is 14.3. The van der Waals surface area contributed by atoms with E-state index in [0.717, 1.165) is 12.0 Å². The average molecular weight is 883 g/mol. The summed E-state index contributed by atoms with van der Waals surface area (Å²) in [5.74, 6) is -2.38. The molecule has 63 heavy (non-hydrogen) atoms. The maximum atomic E-state index is 14.3. The molecule has 1 spiro atoms. The van der Waals surface area contributed by atoms with Crippen LogP contribution in [-0.2, 0) is 52.2 Å². The van der Waals surface area contributed by atoms with Crippen LogP contribution >= 0.6 is 0 Å². The van der Waals surface area contributed by atoms with Crippen LogP contribution in [0.2, 0.25) is 0 Å². The largest absolute Gasteiger partial charge is 0.462 e. The highest BCUT2D eigenvalue weighted by Gasteiger charge is 2.60. The Morgan fingerprint density at radius 2 is 1.63 bits per heavy atom. The van der Waals surface area contributed by atoms with Crippen molar-refractivity contribution >= 4 is 5.97 Å². The van der Waals surface area contributed by atoms with Crippen molar-refractivity contribution in [2.75, 3.05) is 20.8 Å². The summed E-state index contributed by atoms with van der Waals surface area (Å²) in [6.45, 7) is 20.3. The molecule has 6 heterocycles. The third-order valence-corrected chi connectivity index (χ3v) is 14.6. The molecule has 13 heteroatoms. The first-order chi connectivity index (χ1) is 30.0. The van der Waals surface area contributed by atoms with E-state index in [9.17, 15) is 15.0 Å². The van der Waals surface area contributed by atoms with Crippen LogP contribution in [0.4, 0.5) is 0 Å². The first-order valence-electron chi connectivity index (χ1n) is 23.3. The molecule has 0 aromatic carbocycles. The summed E-state index contributed by atoms with van der Waals surface area (Å²) in [5, 5.41) is 23.7. The summed E-state index contributed by atoms with van der Waals surface area (Å²) in [6.07, 6.45) is 12.5. The van der Waals surface area contributed by atoms with Crippen LogP contribution in [-0.4, -0.2) is 128 Å². The van der Waals surface area contributed by atoms with Crippen molar-refractivity contribution in [1.29, 1.82) is 0 Å². The molecule has 7 rings (SSSR count). The molecule has 352 valence electrons. The fourth-order valence-corrected chi connectivity index (χ4v) is 11.1. The summed E-state index contributed by atoms with van der Waals surface area (Å²) < 4.78 is 64.6. The standard InChI is InChI=1S/C50H74O13/c1-12-14-37-32(8)57-41(23-39(37)54-10)61-46-33(9)58-42(24-40(46)55-11)60-45-28(4)15-13-16-34-26-56-47-43(51)31(7)21-38(50(34,47)53)48(52)59-36-22-35(18-17-29(45)5)62-49(25-36)20-19-30(6)44(63-49)27(2)3/h12-13,15-17,19-21,27-28,30,32-33,35-47,51,53H,1,14,18,22-26H2,2-11H3/b15-13+,29-17+,34-16+/t28-,30-,32-,33-,35+,36-,37-,38-,39-,40-,41-,42-,43+,44+,45-,46-,47+,49+,50+/m0/s1. The van der Waals surface area contributed by atoms with Gasteiger partial charge in [0.2, 0.25) is 0 Å². The minimum atomic E-state index is -1.83. The average Bonchev–Trinajstić information content (AvgIpc) is 3.58. The maximum absolute atomic E-state index is 14.3. The van der Waals surface area contributed by atoms with Gasteiger partial charge in [0.15, 0.2) is 18.4 Å². The topological polar surface area (TPSA) is 150 Å². The van der Waals surface area contributed by atoms with Crippen molar-refractivity contribution in [2.24, 2.45) is 29.6 Å². The normalized spacial score (nSPS) is 48.0. The molecule has 1 aliphatic carbocycles. The quantitative estimate of drug-likeness (QED) is 0.185. The number of carbonyl (C=O) groups is 1. The van der Waals surface area contributed by atoms with Gasteiger partial charge >= 0.3 is 5.97 Å². The second-order valence-corrected chi connectivity index (χ2v) is 19.5. The molecule has 0 amide bonds. The number of carbonyl (C=O) groups excluding carboxylic acids is 1. The number of hydrogen-bond acceptors (Lipinski definition) is 13. The van der Waals surface area contributed by atoms with Crippen LogP contribution in [0, 0.1) is 29.6 Å². The summed E-state index contributed by atoms with van der Waals surface area (Å²) in [7, 11) is 3.41. The zero-order valence-corrected chi connectivity index (χ0v) is 39.1. The Balaban J connectivity index is 1.17.